The first kappa shape index (κ1) is 20.8. The van der Waals surface area contributed by atoms with Gasteiger partial charge in [-0.25, -0.2) is 0 Å². The lowest BCUT2D eigenvalue weighted by Gasteiger charge is -2.19. The van der Waals surface area contributed by atoms with Crippen molar-refractivity contribution in [3.8, 4) is 17.2 Å². The van der Waals surface area contributed by atoms with Crippen molar-refractivity contribution in [2.24, 2.45) is 0 Å². The summed E-state index contributed by atoms with van der Waals surface area (Å²) in [6.07, 6.45) is 0. The zero-order valence-corrected chi connectivity index (χ0v) is 18.8. The standard InChI is InChI=1S/C22H23N5O3S/c1-12-9-17-15(11-16(12)29-5)18(19(31-17)20(28)23-21-24-26-27-25-21)30-14-8-6-7-13(10-14)22(2,3)4/h6-11H,1-5H3,(H2,23,24,25,26,27,28). The first-order valence-corrected chi connectivity index (χ1v) is 10.5. The van der Waals surface area contributed by atoms with E-state index in [1.807, 2.05) is 37.3 Å². The molecule has 4 rings (SSSR count). The molecule has 2 aromatic carbocycles. The van der Waals surface area contributed by atoms with Gasteiger partial charge in [-0.2, -0.15) is 5.21 Å². The lowest BCUT2D eigenvalue weighted by molar-refractivity contribution is 0.102. The molecular formula is C22H23N5O3S. The number of aromatic amines is 1. The molecule has 8 nitrogen and oxygen atoms in total. The molecule has 0 unspecified atom stereocenters. The number of H-pyrrole nitrogens is 1. The Morgan fingerprint density at radius 3 is 2.68 bits per heavy atom. The van der Waals surface area contributed by atoms with Crippen LogP contribution in [0.25, 0.3) is 10.1 Å². The number of benzene rings is 2. The lowest BCUT2D eigenvalue weighted by atomic mass is 9.87. The van der Waals surface area contributed by atoms with Crippen LogP contribution in [-0.2, 0) is 5.41 Å². The average molecular weight is 438 g/mol. The number of aryl methyl sites for hydroxylation is 1. The molecular weight excluding hydrogens is 414 g/mol. The van der Waals surface area contributed by atoms with Gasteiger partial charge in [0.15, 0.2) is 5.75 Å². The van der Waals surface area contributed by atoms with E-state index in [1.165, 1.54) is 11.3 Å². The van der Waals surface area contributed by atoms with Crippen molar-refractivity contribution >= 4 is 33.3 Å². The Balaban J connectivity index is 1.82. The molecule has 31 heavy (non-hydrogen) atoms. The monoisotopic (exact) mass is 437 g/mol. The Kier molecular flexibility index (Phi) is 5.36. The molecule has 160 valence electrons. The molecule has 0 atom stereocenters. The molecule has 4 aromatic rings. The highest BCUT2D eigenvalue weighted by Gasteiger charge is 2.23. The number of hydrogen-bond donors (Lipinski definition) is 2. The topological polar surface area (TPSA) is 102 Å². The fourth-order valence-electron chi connectivity index (χ4n) is 3.19. The van der Waals surface area contributed by atoms with Crippen molar-refractivity contribution in [1.82, 2.24) is 20.6 Å². The fraction of sp³-hybridized carbons (Fsp3) is 0.273. The van der Waals surface area contributed by atoms with Crippen LogP contribution in [0.4, 0.5) is 5.95 Å². The van der Waals surface area contributed by atoms with Crippen LogP contribution in [0, 0.1) is 6.92 Å². The summed E-state index contributed by atoms with van der Waals surface area (Å²) in [4.78, 5) is 13.4. The van der Waals surface area contributed by atoms with E-state index in [9.17, 15) is 4.79 Å². The van der Waals surface area contributed by atoms with E-state index in [1.54, 1.807) is 7.11 Å². The van der Waals surface area contributed by atoms with Crippen LogP contribution in [0.1, 0.15) is 41.6 Å². The second kappa shape index (κ2) is 7.99. The van der Waals surface area contributed by atoms with Gasteiger partial charge in [-0.05, 0) is 52.9 Å². The average Bonchev–Trinajstić information content (AvgIpc) is 3.35. The summed E-state index contributed by atoms with van der Waals surface area (Å²) in [6.45, 7) is 8.39. The van der Waals surface area contributed by atoms with Crippen LogP contribution in [0.3, 0.4) is 0 Å². The zero-order chi connectivity index (χ0) is 22.2. The molecule has 0 saturated carbocycles. The number of nitrogens with one attached hydrogen (secondary N) is 2. The molecule has 0 aliphatic heterocycles. The first-order valence-electron chi connectivity index (χ1n) is 9.70. The Morgan fingerprint density at radius 1 is 1.19 bits per heavy atom. The Morgan fingerprint density at radius 2 is 2.00 bits per heavy atom. The predicted octanol–water partition coefficient (Wildman–Crippen LogP) is 5.07. The van der Waals surface area contributed by atoms with Crippen molar-refractivity contribution in [3.63, 3.8) is 0 Å². The van der Waals surface area contributed by atoms with Gasteiger partial charge in [0.1, 0.15) is 16.4 Å². The van der Waals surface area contributed by atoms with E-state index >= 15 is 0 Å². The van der Waals surface area contributed by atoms with Crippen molar-refractivity contribution in [2.45, 2.75) is 33.1 Å². The molecule has 0 bridgehead atoms. The second-order valence-corrected chi connectivity index (χ2v) is 9.20. The summed E-state index contributed by atoms with van der Waals surface area (Å²) in [5.74, 6) is 1.56. The number of fused-ring (bicyclic) bond motifs is 1. The minimum absolute atomic E-state index is 0.0325. The fourth-order valence-corrected chi connectivity index (χ4v) is 4.30. The van der Waals surface area contributed by atoms with Crippen molar-refractivity contribution < 1.29 is 14.3 Å². The summed E-state index contributed by atoms with van der Waals surface area (Å²) < 4.78 is 12.7. The number of rotatable bonds is 5. The number of thiophene rings is 1. The van der Waals surface area contributed by atoms with E-state index in [-0.39, 0.29) is 17.3 Å². The van der Waals surface area contributed by atoms with Crippen molar-refractivity contribution in [2.75, 3.05) is 12.4 Å². The Hall–Kier alpha value is -3.46. The molecule has 0 radical (unpaired) electrons. The number of carbonyl (C=O) groups is 1. The summed E-state index contributed by atoms with van der Waals surface area (Å²) in [5, 5.41) is 16.8. The maximum atomic E-state index is 13.0. The third-order valence-corrected chi connectivity index (χ3v) is 5.99. The van der Waals surface area contributed by atoms with Gasteiger partial charge in [0.25, 0.3) is 11.9 Å². The third-order valence-electron chi connectivity index (χ3n) is 4.86. The summed E-state index contributed by atoms with van der Waals surface area (Å²) in [6, 6.07) is 11.8. The van der Waals surface area contributed by atoms with Crippen molar-refractivity contribution in [1.29, 1.82) is 0 Å². The van der Waals surface area contributed by atoms with Crippen LogP contribution < -0.4 is 14.8 Å². The van der Waals surface area contributed by atoms with E-state index in [2.05, 4.69) is 52.8 Å². The van der Waals surface area contributed by atoms with Crippen LogP contribution in [0.15, 0.2) is 36.4 Å². The van der Waals surface area contributed by atoms with Crippen LogP contribution >= 0.6 is 11.3 Å². The van der Waals surface area contributed by atoms with Gasteiger partial charge in [-0.3, -0.25) is 10.1 Å². The van der Waals surface area contributed by atoms with Gasteiger partial charge in [0, 0.05) is 10.1 Å². The molecule has 2 aromatic heterocycles. The number of aromatic nitrogens is 4. The molecule has 2 heterocycles. The smallest absolute Gasteiger partial charge is 0.272 e. The Bertz CT molecular complexity index is 1240. The lowest BCUT2D eigenvalue weighted by Crippen LogP contribution is -2.12. The maximum absolute atomic E-state index is 13.0. The molecule has 0 spiro atoms. The molecule has 0 fully saturated rings. The number of ether oxygens (including phenoxy) is 2. The zero-order valence-electron chi connectivity index (χ0n) is 17.9. The van der Waals surface area contributed by atoms with E-state index in [0.29, 0.717) is 16.4 Å². The summed E-state index contributed by atoms with van der Waals surface area (Å²) in [5.41, 5.74) is 2.08. The number of tetrazole rings is 1. The van der Waals surface area contributed by atoms with Crippen LogP contribution in [0.2, 0.25) is 0 Å². The molecule has 2 N–H and O–H groups in total. The maximum Gasteiger partial charge on any atom is 0.272 e. The van der Waals surface area contributed by atoms with Gasteiger partial charge in [0.2, 0.25) is 0 Å². The summed E-state index contributed by atoms with van der Waals surface area (Å²) in [7, 11) is 1.62. The number of nitrogens with zero attached hydrogens (tertiary/aromatic N) is 3. The second-order valence-electron chi connectivity index (χ2n) is 8.15. The predicted molar refractivity (Wildman–Crippen MR) is 120 cm³/mol. The molecule has 0 saturated heterocycles. The summed E-state index contributed by atoms with van der Waals surface area (Å²) >= 11 is 1.34. The van der Waals surface area contributed by atoms with Gasteiger partial charge >= 0.3 is 0 Å². The number of amides is 1. The van der Waals surface area contributed by atoms with Gasteiger partial charge in [-0.15, -0.1) is 16.4 Å². The van der Waals surface area contributed by atoms with Crippen molar-refractivity contribution in [3.05, 3.63) is 52.4 Å². The number of methoxy groups -OCH3 is 1. The SMILES string of the molecule is COc1cc2c(Oc3cccc(C(C)(C)C)c3)c(C(=O)Nc3nn[nH]n3)sc2cc1C. The van der Waals surface area contributed by atoms with Crippen LogP contribution in [-0.4, -0.2) is 33.6 Å². The molecule has 0 aliphatic rings. The van der Waals surface area contributed by atoms with E-state index < -0.39 is 0 Å². The number of anilines is 1. The van der Waals surface area contributed by atoms with Gasteiger partial charge in [-0.1, -0.05) is 38.0 Å². The highest BCUT2D eigenvalue weighted by Crippen LogP contribution is 2.43. The quantitative estimate of drug-likeness (QED) is 0.452. The number of hydrogen-bond acceptors (Lipinski definition) is 7. The minimum Gasteiger partial charge on any atom is -0.496 e. The largest absolute Gasteiger partial charge is 0.496 e. The van der Waals surface area contributed by atoms with E-state index in [0.717, 1.165) is 27.0 Å². The third kappa shape index (κ3) is 4.22. The Labute approximate surface area is 183 Å². The highest BCUT2D eigenvalue weighted by atomic mass is 32.1. The first-order chi connectivity index (χ1) is 14.8. The minimum atomic E-state index is -0.374. The highest BCUT2D eigenvalue weighted by molar-refractivity contribution is 7.21. The van der Waals surface area contributed by atoms with Crippen LogP contribution in [0.5, 0.6) is 17.2 Å². The molecule has 1 amide bonds. The molecule has 9 heteroatoms. The normalized spacial score (nSPS) is 11.5. The van der Waals surface area contributed by atoms with Gasteiger partial charge in [0.05, 0.1) is 7.11 Å². The van der Waals surface area contributed by atoms with E-state index in [4.69, 9.17) is 9.47 Å². The number of carbonyl (C=O) groups excluding carboxylic acids is 1. The van der Waals surface area contributed by atoms with Gasteiger partial charge < -0.3 is 9.47 Å². The molecule has 0 aliphatic carbocycles.